The minimum atomic E-state index is 0.434. The second-order valence-corrected chi connectivity index (χ2v) is 6.30. The van der Waals surface area contributed by atoms with Gasteiger partial charge in [-0.1, -0.05) is 22.9 Å². The van der Waals surface area contributed by atoms with Crippen LogP contribution in [0.2, 0.25) is 0 Å². The number of likely N-dealkylation sites (N-methyl/N-ethyl adjacent to an activating group) is 1. The van der Waals surface area contributed by atoms with Crippen LogP contribution in [0, 0.1) is 0 Å². The number of nitrogens with zero attached hydrogens (tertiary/aromatic N) is 2. The van der Waals surface area contributed by atoms with Crippen molar-refractivity contribution in [3.8, 4) is 0 Å². The lowest BCUT2D eigenvalue weighted by atomic mass is 10.1. The Morgan fingerprint density at radius 3 is 3.00 bits per heavy atom. The number of ether oxygens (including phenoxy) is 1. The fourth-order valence-corrected chi connectivity index (χ4v) is 3.54. The molecule has 2 aliphatic heterocycles. The fourth-order valence-electron chi connectivity index (χ4n) is 3.21. The maximum atomic E-state index is 5.93. The van der Waals surface area contributed by atoms with E-state index in [-0.39, 0.29) is 0 Å². The number of hydrogen-bond donors (Lipinski definition) is 0. The molecule has 0 aromatic carbocycles. The molecule has 0 bridgehead atoms. The SMILES string of the molecule is CCN1CCOC(CN2CCCC2CCCBr)C1. The first-order valence-corrected chi connectivity index (χ1v) is 8.59. The summed E-state index contributed by atoms with van der Waals surface area (Å²) in [4.78, 5) is 5.18. The quantitative estimate of drug-likeness (QED) is 0.699. The molecule has 2 fully saturated rings. The minimum absolute atomic E-state index is 0.434. The highest BCUT2D eigenvalue weighted by atomic mass is 79.9. The van der Waals surface area contributed by atoms with Gasteiger partial charge in [-0.15, -0.1) is 0 Å². The van der Waals surface area contributed by atoms with Gasteiger partial charge in [0, 0.05) is 31.0 Å². The van der Waals surface area contributed by atoms with Gasteiger partial charge in [0.1, 0.15) is 0 Å². The van der Waals surface area contributed by atoms with Crippen molar-refractivity contribution in [2.75, 3.05) is 44.7 Å². The van der Waals surface area contributed by atoms with Gasteiger partial charge in [-0.25, -0.2) is 0 Å². The van der Waals surface area contributed by atoms with Gasteiger partial charge in [-0.2, -0.15) is 0 Å². The molecule has 0 N–H and O–H groups in total. The second kappa shape index (κ2) is 7.83. The summed E-state index contributed by atoms with van der Waals surface area (Å²) in [6.07, 6.45) is 5.83. The van der Waals surface area contributed by atoms with Gasteiger partial charge in [0.05, 0.1) is 12.7 Å². The predicted molar refractivity (Wildman–Crippen MR) is 79.5 cm³/mol. The van der Waals surface area contributed by atoms with Crippen LogP contribution < -0.4 is 0 Å². The van der Waals surface area contributed by atoms with Gasteiger partial charge >= 0.3 is 0 Å². The average molecular weight is 319 g/mol. The van der Waals surface area contributed by atoms with E-state index >= 15 is 0 Å². The number of hydrogen-bond acceptors (Lipinski definition) is 3. The summed E-state index contributed by atoms with van der Waals surface area (Å²) in [5.41, 5.74) is 0. The lowest BCUT2D eigenvalue weighted by Gasteiger charge is -2.35. The molecule has 2 rings (SSSR count). The number of halogens is 1. The van der Waals surface area contributed by atoms with Crippen LogP contribution in [-0.2, 0) is 4.74 Å². The summed E-state index contributed by atoms with van der Waals surface area (Å²) >= 11 is 3.54. The Kier molecular flexibility index (Phi) is 6.42. The van der Waals surface area contributed by atoms with Crippen LogP contribution in [0.5, 0.6) is 0 Å². The highest BCUT2D eigenvalue weighted by molar-refractivity contribution is 9.09. The van der Waals surface area contributed by atoms with Gasteiger partial charge in [0.2, 0.25) is 0 Å². The monoisotopic (exact) mass is 318 g/mol. The van der Waals surface area contributed by atoms with E-state index in [4.69, 9.17) is 4.74 Å². The van der Waals surface area contributed by atoms with Crippen molar-refractivity contribution >= 4 is 15.9 Å². The Hall–Kier alpha value is 0.360. The first kappa shape index (κ1) is 14.8. The van der Waals surface area contributed by atoms with Crippen LogP contribution in [0.25, 0.3) is 0 Å². The Morgan fingerprint density at radius 2 is 2.22 bits per heavy atom. The van der Waals surface area contributed by atoms with Crippen LogP contribution in [-0.4, -0.2) is 66.6 Å². The van der Waals surface area contributed by atoms with E-state index < -0.39 is 0 Å². The van der Waals surface area contributed by atoms with Crippen LogP contribution in [0.3, 0.4) is 0 Å². The van der Waals surface area contributed by atoms with E-state index in [2.05, 4.69) is 32.7 Å². The Labute approximate surface area is 120 Å². The summed E-state index contributed by atoms with van der Waals surface area (Å²) in [5.74, 6) is 0. The number of rotatable bonds is 6. The molecule has 0 amide bonds. The average Bonchev–Trinajstić information content (AvgIpc) is 2.84. The number of alkyl halides is 1. The first-order valence-electron chi connectivity index (χ1n) is 7.47. The van der Waals surface area contributed by atoms with Crippen molar-refractivity contribution < 1.29 is 4.74 Å². The molecule has 0 saturated carbocycles. The summed E-state index contributed by atoms with van der Waals surface area (Å²) < 4.78 is 5.93. The van der Waals surface area contributed by atoms with Crippen molar-refractivity contribution in [2.45, 2.75) is 44.8 Å². The van der Waals surface area contributed by atoms with Crippen LogP contribution in [0.15, 0.2) is 0 Å². The molecule has 0 aromatic heterocycles. The second-order valence-electron chi connectivity index (χ2n) is 5.51. The van der Waals surface area contributed by atoms with E-state index in [0.29, 0.717) is 6.10 Å². The molecular formula is C14H27BrN2O. The molecule has 0 aliphatic carbocycles. The van der Waals surface area contributed by atoms with Gasteiger partial charge in [-0.05, 0) is 38.8 Å². The van der Waals surface area contributed by atoms with E-state index in [1.54, 1.807) is 0 Å². The Morgan fingerprint density at radius 1 is 1.33 bits per heavy atom. The van der Waals surface area contributed by atoms with Crippen molar-refractivity contribution in [2.24, 2.45) is 0 Å². The normalized spacial score (nSPS) is 31.0. The Bertz CT molecular complexity index is 240. The van der Waals surface area contributed by atoms with Crippen LogP contribution >= 0.6 is 15.9 Å². The molecule has 4 heteroatoms. The smallest absolute Gasteiger partial charge is 0.0829 e. The maximum Gasteiger partial charge on any atom is 0.0829 e. The third-order valence-corrected chi connectivity index (χ3v) is 4.84. The number of likely N-dealkylation sites (tertiary alicyclic amines) is 1. The fraction of sp³-hybridized carbons (Fsp3) is 1.00. The first-order chi connectivity index (χ1) is 8.83. The van der Waals surface area contributed by atoms with Gasteiger partial charge < -0.3 is 4.74 Å². The van der Waals surface area contributed by atoms with Crippen molar-refractivity contribution in [1.82, 2.24) is 9.80 Å². The maximum absolute atomic E-state index is 5.93. The summed E-state index contributed by atoms with van der Waals surface area (Å²) in [7, 11) is 0. The zero-order chi connectivity index (χ0) is 12.8. The van der Waals surface area contributed by atoms with E-state index in [1.807, 2.05) is 0 Å². The predicted octanol–water partition coefficient (Wildman–Crippen LogP) is 2.35. The van der Waals surface area contributed by atoms with E-state index in [9.17, 15) is 0 Å². The molecule has 2 heterocycles. The zero-order valence-corrected chi connectivity index (χ0v) is 13.2. The number of morpholine rings is 1. The minimum Gasteiger partial charge on any atom is -0.374 e. The molecule has 2 saturated heterocycles. The van der Waals surface area contributed by atoms with Crippen LogP contribution in [0.4, 0.5) is 0 Å². The van der Waals surface area contributed by atoms with Crippen LogP contribution in [0.1, 0.15) is 32.6 Å². The molecular weight excluding hydrogens is 292 g/mol. The lowest BCUT2D eigenvalue weighted by molar-refractivity contribution is -0.0436. The third-order valence-electron chi connectivity index (χ3n) is 4.28. The zero-order valence-electron chi connectivity index (χ0n) is 11.6. The van der Waals surface area contributed by atoms with Crippen molar-refractivity contribution in [1.29, 1.82) is 0 Å². The highest BCUT2D eigenvalue weighted by Gasteiger charge is 2.28. The summed E-state index contributed by atoms with van der Waals surface area (Å²) in [6, 6.07) is 0.808. The van der Waals surface area contributed by atoms with E-state index in [0.717, 1.165) is 44.2 Å². The molecule has 2 unspecified atom stereocenters. The highest BCUT2D eigenvalue weighted by Crippen LogP contribution is 2.22. The van der Waals surface area contributed by atoms with Crippen molar-refractivity contribution in [3.63, 3.8) is 0 Å². The molecule has 3 nitrogen and oxygen atoms in total. The molecule has 0 spiro atoms. The lowest BCUT2D eigenvalue weighted by Crippen LogP contribution is -2.48. The molecule has 0 aromatic rings. The molecule has 2 atom stereocenters. The van der Waals surface area contributed by atoms with Gasteiger partial charge in [0.25, 0.3) is 0 Å². The molecule has 2 aliphatic rings. The molecule has 18 heavy (non-hydrogen) atoms. The van der Waals surface area contributed by atoms with Gasteiger partial charge in [-0.3, -0.25) is 9.80 Å². The molecule has 0 radical (unpaired) electrons. The van der Waals surface area contributed by atoms with Crippen molar-refractivity contribution in [3.05, 3.63) is 0 Å². The topological polar surface area (TPSA) is 15.7 Å². The third kappa shape index (κ3) is 4.19. The Balaban J connectivity index is 1.76. The van der Waals surface area contributed by atoms with E-state index in [1.165, 1.54) is 32.2 Å². The molecule has 106 valence electrons. The largest absolute Gasteiger partial charge is 0.374 e. The summed E-state index contributed by atoms with van der Waals surface area (Å²) in [5, 5.41) is 1.14. The summed E-state index contributed by atoms with van der Waals surface area (Å²) in [6.45, 7) is 8.98. The standard InChI is InChI=1S/C14H27BrN2O/c1-2-16-9-10-18-14(11-16)12-17-8-4-6-13(17)5-3-7-15/h13-14H,2-12H2,1H3. The van der Waals surface area contributed by atoms with Gasteiger partial charge in [0.15, 0.2) is 0 Å².